The van der Waals surface area contributed by atoms with Crippen LogP contribution in [0, 0.1) is 0 Å². The molecule has 0 saturated carbocycles. The Morgan fingerprint density at radius 3 is 1.04 bits per heavy atom. The Hall–Kier alpha value is -4.45. The van der Waals surface area contributed by atoms with Crippen LogP contribution in [0.2, 0.25) is 0 Å². The summed E-state index contributed by atoms with van der Waals surface area (Å²) in [6.07, 6.45) is 82.9. The van der Waals surface area contributed by atoms with Crippen LogP contribution < -0.4 is 0 Å². The Labute approximate surface area is 443 Å². The summed E-state index contributed by atoms with van der Waals surface area (Å²) in [7, 11) is 0. The molecule has 0 amide bonds. The van der Waals surface area contributed by atoms with Crippen molar-refractivity contribution < 1.29 is 28.6 Å². The Morgan fingerprint density at radius 1 is 0.306 bits per heavy atom. The quantitative estimate of drug-likeness (QED) is 0.0199. The minimum Gasteiger partial charge on any atom is -0.462 e. The van der Waals surface area contributed by atoms with Gasteiger partial charge in [0, 0.05) is 19.3 Å². The smallest absolute Gasteiger partial charge is 0.306 e. The molecule has 0 saturated heterocycles. The maximum absolute atomic E-state index is 12.9. The zero-order valence-corrected chi connectivity index (χ0v) is 46.4. The zero-order valence-electron chi connectivity index (χ0n) is 46.4. The van der Waals surface area contributed by atoms with Crippen molar-refractivity contribution in [3.63, 3.8) is 0 Å². The molecule has 0 fully saturated rings. The number of carbonyl (C=O) groups is 3. The van der Waals surface area contributed by atoms with Gasteiger partial charge in [0.15, 0.2) is 6.10 Å². The summed E-state index contributed by atoms with van der Waals surface area (Å²) < 4.78 is 16.8. The molecular formula is C66H106O6. The van der Waals surface area contributed by atoms with Gasteiger partial charge in [0.1, 0.15) is 13.2 Å². The van der Waals surface area contributed by atoms with Crippen molar-refractivity contribution in [3.05, 3.63) is 134 Å². The highest BCUT2D eigenvalue weighted by Gasteiger charge is 2.19. The first-order chi connectivity index (χ1) is 35.5. The largest absolute Gasteiger partial charge is 0.462 e. The number of hydrogen-bond acceptors (Lipinski definition) is 6. The molecule has 406 valence electrons. The second kappa shape index (κ2) is 59.1. The second-order valence-electron chi connectivity index (χ2n) is 19.0. The summed E-state index contributed by atoms with van der Waals surface area (Å²) in [5.41, 5.74) is 0. The molecule has 0 spiro atoms. The van der Waals surface area contributed by atoms with Gasteiger partial charge < -0.3 is 14.2 Å². The molecule has 0 heterocycles. The summed E-state index contributed by atoms with van der Waals surface area (Å²) in [5, 5.41) is 0. The van der Waals surface area contributed by atoms with Crippen molar-refractivity contribution in [2.45, 2.75) is 252 Å². The van der Waals surface area contributed by atoms with Gasteiger partial charge in [0.2, 0.25) is 0 Å². The summed E-state index contributed by atoms with van der Waals surface area (Å²) in [6.45, 7) is 6.33. The Bertz CT molecular complexity index is 1560. The lowest BCUT2D eigenvalue weighted by Crippen LogP contribution is -2.30. The number of rotatable bonds is 51. The van der Waals surface area contributed by atoms with Crippen molar-refractivity contribution in [1.29, 1.82) is 0 Å². The van der Waals surface area contributed by atoms with E-state index < -0.39 is 6.10 Å². The first-order valence-corrected chi connectivity index (χ1v) is 29.3. The van der Waals surface area contributed by atoms with Crippen LogP contribution in [-0.4, -0.2) is 37.2 Å². The predicted molar refractivity (Wildman–Crippen MR) is 311 cm³/mol. The van der Waals surface area contributed by atoms with Crippen LogP contribution in [-0.2, 0) is 28.6 Å². The molecule has 1 atom stereocenters. The number of carbonyl (C=O) groups excluding carboxylic acids is 3. The third-order valence-electron chi connectivity index (χ3n) is 12.1. The van der Waals surface area contributed by atoms with E-state index in [0.717, 1.165) is 103 Å². The molecule has 0 rings (SSSR count). The van der Waals surface area contributed by atoms with Gasteiger partial charge in [0.25, 0.3) is 0 Å². The maximum Gasteiger partial charge on any atom is 0.306 e. The Kier molecular flexibility index (Phi) is 55.5. The molecule has 72 heavy (non-hydrogen) atoms. The Morgan fingerprint density at radius 2 is 0.611 bits per heavy atom. The van der Waals surface area contributed by atoms with E-state index in [0.29, 0.717) is 19.3 Å². The molecule has 0 aliphatic rings. The van der Waals surface area contributed by atoms with E-state index in [1.54, 1.807) is 0 Å². The summed E-state index contributed by atoms with van der Waals surface area (Å²) in [5.74, 6) is -0.970. The van der Waals surface area contributed by atoms with Crippen LogP contribution >= 0.6 is 0 Å². The molecule has 0 bridgehead atoms. The fraction of sp³-hybridized carbons (Fsp3) is 0.621. The van der Waals surface area contributed by atoms with Gasteiger partial charge in [-0.15, -0.1) is 0 Å². The van der Waals surface area contributed by atoms with Crippen molar-refractivity contribution >= 4 is 17.9 Å². The van der Waals surface area contributed by atoms with Crippen molar-refractivity contribution in [2.24, 2.45) is 0 Å². The van der Waals surface area contributed by atoms with Crippen molar-refractivity contribution in [1.82, 2.24) is 0 Å². The number of hydrogen-bond donors (Lipinski definition) is 0. The van der Waals surface area contributed by atoms with Gasteiger partial charge in [-0.05, 0) is 96.3 Å². The van der Waals surface area contributed by atoms with Crippen LogP contribution in [0.5, 0.6) is 0 Å². The molecule has 6 nitrogen and oxygen atoms in total. The first-order valence-electron chi connectivity index (χ1n) is 29.3. The number of esters is 3. The average Bonchev–Trinajstić information content (AvgIpc) is 3.38. The summed E-state index contributed by atoms with van der Waals surface area (Å²) in [4.78, 5) is 38.2. The fourth-order valence-corrected chi connectivity index (χ4v) is 7.73. The van der Waals surface area contributed by atoms with Gasteiger partial charge in [-0.25, -0.2) is 0 Å². The van der Waals surface area contributed by atoms with Crippen LogP contribution in [0.25, 0.3) is 0 Å². The fourth-order valence-electron chi connectivity index (χ4n) is 7.73. The van der Waals surface area contributed by atoms with Crippen molar-refractivity contribution in [2.75, 3.05) is 13.2 Å². The standard InChI is InChI=1S/C66H106O6/c1-4-7-10-13-16-19-22-25-28-31-33-35-38-41-44-47-50-53-56-59-65(68)71-62-63(61-70-64(67)58-55-52-49-46-43-40-37-30-27-24-21-18-15-12-9-6-3)72-66(69)60-57-54-51-48-45-42-39-36-34-32-29-26-23-20-17-14-11-8-5-2/h7,9-10,12-13,16,18-19,21-22,25,27-28,30-35,38,41,44,63H,4-6,8,11,14-15,17,20,23-24,26,29,36-37,39-40,42-43,45-62H2,1-3H3/b10-7-,12-9-,16-13-,21-18-,22-19-,28-25-,30-27-,33-31+,34-32-,38-35-,44-41-. The topological polar surface area (TPSA) is 78.9 Å². The minimum atomic E-state index is -0.811. The lowest BCUT2D eigenvalue weighted by molar-refractivity contribution is -0.167. The van der Waals surface area contributed by atoms with E-state index in [-0.39, 0.29) is 31.1 Å². The van der Waals surface area contributed by atoms with Gasteiger partial charge in [-0.1, -0.05) is 264 Å². The van der Waals surface area contributed by atoms with Crippen LogP contribution in [0.15, 0.2) is 134 Å². The van der Waals surface area contributed by atoms with Gasteiger partial charge in [0.05, 0.1) is 0 Å². The highest BCUT2D eigenvalue weighted by atomic mass is 16.6. The lowest BCUT2D eigenvalue weighted by Gasteiger charge is -2.18. The van der Waals surface area contributed by atoms with Gasteiger partial charge in [-0.3, -0.25) is 14.4 Å². The number of allylic oxidation sites excluding steroid dienone is 22. The van der Waals surface area contributed by atoms with Gasteiger partial charge >= 0.3 is 17.9 Å². The van der Waals surface area contributed by atoms with E-state index in [9.17, 15) is 14.4 Å². The number of unbranched alkanes of at least 4 members (excludes halogenated alkanes) is 24. The van der Waals surface area contributed by atoms with E-state index in [2.05, 4.69) is 81.5 Å². The lowest BCUT2D eigenvalue weighted by atomic mass is 10.1. The maximum atomic E-state index is 12.9. The number of ether oxygens (including phenoxy) is 3. The Balaban J connectivity index is 4.53. The summed E-state index contributed by atoms with van der Waals surface area (Å²) in [6, 6.07) is 0. The molecule has 6 heteroatoms. The molecule has 0 aromatic rings. The third-order valence-corrected chi connectivity index (χ3v) is 12.1. The SMILES string of the molecule is CC\C=C/C=C\C=C/C=C\C=C\C=C/C=C\CCCCCC(=O)OCC(COC(=O)CCCCCCCC/C=C\C/C=C\C/C=C\CC)OC(=O)CCCCCCCCC/C=C\CCCCCCCCCC. The minimum absolute atomic E-state index is 0.106. The summed E-state index contributed by atoms with van der Waals surface area (Å²) >= 11 is 0. The van der Waals surface area contributed by atoms with Crippen LogP contribution in [0.4, 0.5) is 0 Å². The molecule has 0 aromatic carbocycles. The molecular weight excluding hydrogens is 889 g/mol. The molecule has 0 aliphatic heterocycles. The van der Waals surface area contributed by atoms with E-state index >= 15 is 0 Å². The third kappa shape index (κ3) is 56.5. The average molecular weight is 996 g/mol. The highest BCUT2D eigenvalue weighted by molar-refractivity contribution is 5.71. The van der Waals surface area contributed by atoms with Crippen molar-refractivity contribution in [3.8, 4) is 0 Å². The normalized spacial score (nSPS) is 13.1. The van der Waals surface area contributed by atoms with E-state index in [1.807, 2.05) is 72.9 Å². The van der Waals surface area contributed by atoms with Gasteiger partial charge in [-0.2, -0.15) is 0 Å². The highest BCUT2D eigenvalue weighted by Crippen LogP contribution is 2.14. The molecule has 0 radical (unpaired) electrons. The predicted octanol–water partition coefficient (Wildman–Crippen LogP) is 19.8. The van der Waals surface area contributed by atoms with E-state index in [4.69, 9.17) is 14.2 Å². The van der Waals surface area contributed by atoms with E-state index in [1.165, 1.54) is 103 Å². The molecule has 0 aliphatic carbocycles. The second-order valence-corrected chi connectivity index (χ2v) is 19.0. The zero-order chi connectivity index (χ0) is 52.2. The van der Waals surface area contributed by atoms with Crippen LogP contribution in [0.1, 0.15) is 245 Å². The monoisotopic (exact) mass is 995 g/mol. The van der Waals surface area contributed by atoms with Crippen LogP contribution in [0.3, 0.4) is 0 Å². The molecule has 0 aromatic heterocycles. The molecule has 0 N–H and O–H groups in total. The first kappa shape index (κ1) is 67.5. The molecule has 1 unspecified atom stereocenters.